The average molecular weight is 326 g/mol. The lowest BCUT2D eigenvalue weighted by Crippen LogP contribution is -2.46. The van der Waals surface area contributed by atoms with Crippen LogP contribution in [0.5, 0.6) is 0 Å². The third-order valence-electron chi connectivity index (χ3n) is 3.63. The zero-order chi connectivity index (χ0) is 15.3. The van der Waals surface area contributed by atoms with Gasteiger partial charge in [0, 0.05) is 19.1 Å². The van der Waals surface area contributed by atoms with Gasteiger partial charge in [-0.3, -0.25) is 0 Å². The zero-order valence-electron chi connectivity index (χ0n) is 12.3. The van der Waals surface area contributed by atoms with E-state index in [1.54, 1.807) is 0 Å². The second kappa shape index (κ2) is 7.22. The van der Waals surface area contributed by atoms with Crippen molar-refractivity contribution in [1.82, 2.24) is 10.2 Å². The molecule has 0 saturated carbocycles. The highest BCUT2D eigenvalue weighted by atomic mass is 32.2. The lowest BCUT2D eigenvalue weighted by molar-refractivity contribution is 0.323. The Bertz CT molecular complexity index is 573. The Morgan fingerprint density at radius 1 is 1.38 bits per heavy atom. The number of rotatable bonds is 5. The van der Waals surface area contributed by atoms with E-state index in [1.807, 2.05) is 35.2 Å². The van der Waals surface area contributed by atoms with Gasteiger partial charge in [0.05, 0.1) is 11.5 Å². The molecule has 0 aromatic heterocycles. The first-order valence-corrected chi connectivity index (χ1v) is 9.53. The predicted octanol–water partition coefficient (Wildman–Crippen LogP) is 1.96. The van der Waals surface area contributed by atoms with Crippen molar-refractivity contribution in [2.24, 2.45) is 0 Å². The highest BCUT2D eigenvalue weighted by Gasteiger charge is 2.33. The molecule has 116 valence electrons. The Kier molecular flexibility index (Phi) is 5.58. The number of hydrogen-bond acceptors (Lipinski definition) is 3. The van der Waals surface area contributed by atoms with Gasteiger partial charge in [-0.05, 0) is 30.6 Å². The molecular weight excluding hydrogens is 304 g/mol. The van der Waals surface area contributed by atoms with E-state index in [0.29, 0.717) is 18.1 Å². The van der Waals surface area contributed by atoms with E-state index in [2.05, 4.69) is 12.2 Å². The van der Waals surface area contributed by atoms with Gasteiger partial charge in [-0.1, -0.05) is 37.3 Å². The van der Waals surface area contributed by atoms with Crippen LogP contribution in [-0.4, -0.2) is 42.5 Å². The molecule has 0 bridgehead atoms. The van der Waals surface area contributed by atoms with Gasteiger partial charge in [0.1, 0.15) is 0 Å². The molecule has 4 nitrogen and oxygen atoms in total. The molecule has 1 fully saturated rings. The maximum Gasteiger partial charge on any atom is 0.169 e. The van der Waals surface area contributed by atoms with E-state index >= 15 is 0 Å². The van der Waals surface area contributed by atoms with Gasteiger partial charge in [0.25, 0.3) is 0 Å². The summed E-state index contributed by atoms with van der Waals surface area (Å²) in [6.07, 6.45) is 1.64. The highest BCUT2D eigenvalue weighted by Crippen LogP contribution is 2.20. The van der Waals surface area contributed by atoms with Crippen LogP contribution in [0.1, 0.15) is 25.3 Å². The Morgan fingerprint density at radius 2 is 2.10 bits per heavy atom. The Balaban J connectivity index is 2.12. The smallest absolute Gasteiger partial charge is 0.169 e. The summed E-state index contributed by atoms with van der Waals surface area (Å²) in [5.74, 6) is 0.465. The van der Waals surface area contributed by atoms with Crippen molar-refractivity contribution in [3.8, 4) is 0 Å². The number of nitrogens with one attached hydrogen (secondary N) is 1. The molecule has 1 aromatic rings. The molecule has 0 radical (unpaired) electrons. The molecule has 1 heterocycles. The van der Waals surface area contributed by atoms with Gasteiger partial charge < -0.3 is 10.2 Å². The first kappa shape index (κ1) is 16.2. The fraction of sp³-hybridized carbons (Fsp3) is 0.533. The fourth-order valence-electron chi connectivity index (χ4n) is 2.50. The summed E-state index contributed by atoms with van der Waals surface area (Å²) in [5.41, 5.74) is 1.14. The molecular formula is C15H22N2O2S2. The first-order valence-electron chi connectivity index (χ1n) is 7.30. The molecule has 1 saturated heterocycles. The maximum atomic E-state index is 11.7. The second-order valence-electron chi connectivity index (χ2n) is 5.40. The van der Waals surface area contributed by atoms with Crippen molar-refractivity contribution in [1.29, 1.82) is 0 Å². The monoisotopic (exact) mass is 326 g/mol. The van der Waals surface area contributed by atoms with Crippen LogP contribution in [0, 0.1) is 0 Å². The van der Waals surface area contributed by atoms with Gasteiger partial charge in [-0.15, -0.1) is 0 Å². The average Bonchev–Trinajstić information content (AvgIpc) is 2.83. The Labute approximate surface area is 132 Å². The predicted molar refractivity (Wildman–Crippen MR) is 89.9 cm³/mol. The molecule has 1 aliphatic heterocycles. The number of benzene rings is 1. The summed E-state index contributed by atoms with van der Waals surface area (Å²) in [4.78, 5) is 2.03. The van der Waals surface area contributed by atoms with Crippen molar-refractivity contribution < 1.29 is 8.42 Å². The fourth-order valence-corrected chi connectivity index (χ4v) is 4.55. The van der Waals surface area contributed by atoms with E-state index in [0.717, 1.165) is 18.5 Å². The van der Waals surface area contributed by atoms with Crippen LogP contribution in [0.2, 0.25) is 0 Å². The van der Waals surface area contributed by atoms with Crippen LogP contribution >= 0.6 is 12.2 Å². The normalized spacial score (nSPS) is 20.1. The van der Waals surface area contributed by atoms with Crippen LogP contribution in [0.15, 0.2) is 30.3 Å². The lowest BCUT2D eigenvalue weighted by atomic mass is 10.1. The highest BCUT2D eigenvalue weighted by molar-refractivity contribution is 7.91. The van der Waals surface area contributed by atoms with Crippen LogP contribution in [0.25, 0.3) is 0 Å². The van der Waals surface area contributed by atoms with E-state index in [1.165, 1.54) is 0 Å². The van der Waals surface area contributed by atoms with Crippen molar-refractivity contribution in [3.05, 3.63) is 35.9 Å². The number of sulfone groups is 1. The van der Waals surface area contributed by atoms with Gasteiger partial charge in [-0.25, -0.2) is 8.42 Å². The van der Waals surface area contributed by atoms with Crippen LogP contribution in [-0.2, 0) is 16.4 Å². The van der Waals surface area contributed by atoms with Crippen LogP contribution < -0.4 is 5.32 Å². The quantitative estimate of drug-likeness (QED) is 0.838. The van der Waals surface area contributed by atoms with Crippen LogP contribution in [0.4, 0.5) is 0 Å². The first-order chi connectivity index (χ1) is 10.0. The van der Waals surface area contributed by atoms with E-state index in [-0.39, 0.29) is 17.5 Å². The van der Waals surface area contributed by atoms with Crippen LogP contribution in [0.3, 0.4) is 0 Å². The largest absolute Gasteiger partial charge is 0.363 e. The van der Waals surface area contributed by atoms with E-state index in [4.69, 9.17) is 12.2 Å². The summed E-state index contributed by atoms with van der Waals surface area (Å²) < 4.78 is 23.5. The van der Waals surface area contributed by atoms with Gasteiger partial charge in [0.2, 0.25) is 0 Å². The molecule has 6 heteroatoms. The minimum atomic E-state index is -2.92. The van der Waals surface area contributed by atoms with Gasteiger partial charge in [0.15, 0.2) is 14.9 Å². The van der Waals surface area contributed by atoms with E-state index in [9.17, 15) is 8.42 Å². The molecule has 0 amide bonds. The topological polar surface area (TPSA) is 49.4 Å². The molecule has 0 unspecified atom stereocenters. The molecule has 21 heavy (non-hydrogen) atoms. The molecule has 1 N–H and O–H groups in total. The van der Waals surface area contributed by atoms with Gasteiger partial charge in [-0.2, -0.15) is 0 Å². The second-order valence-corrected chi connectivity index (χ2v) is 8.02. The zero-order valence-corrected chi connectivity index (χ0v) is 13.9. The summed E-state index contributed by atoms with van der Waals surface area (Å²) in [7, 11) is -2.92. The summed E-state index contributed by atoms with van der Waals surface area (Å²) >= 11 is 5.47. The van der Waals surface area contributed by atoms with Crippen molar-refractivity contribution in [2.45, 2.75) is 32.4 Å². The molecule has 0 aliphatic carbocycles. The third kappa shape index (κ3) is 4.68. The number of thiocarbonyl (C=S) groups is 1. The SMILES string of the molecule is CCCNC(=S)N(Cc1ccccc1)[C@H]1CCS(=O)(=O)C1. The Hall–Kier alpha value is -1.14. The lowest BCUT2D eigenvalue weighted by Gasteiger charge is -2.31. The third-order valence-corrected chi connectivity index (χ3v) is 5.76. The minimum absolute atomic E-state index is 0.0212. The molecule has 1 aliphatic rings. The summed E-state index contributed by atoms with van der Waals surface area (Å²) in [6.45, 7) is 3.54. The van der Waals surface area contributed by atoms with Crippen molar-refractivity contribution in [2.75, 3.05) is 18.1 Å². The summed E-state index contributed by atoms with van der Waals surface area (Å²) in [5, 5.41) is 3.87. The summed E-state index contributed by atoms with van der Waals surface area (Å²) in [6, 6.07) is 10.0. The van der Waals surface area contributed by atoms with Crippen molar-refractivity contribution in [3.63, 3.8) is 0 Å². The number of nitrogens with zero attached hydrogens (tertiary/aromatic N) is 1. The van der Waals surface area contributed by atoms with E-state index < -0.39 is 9.84 Å². The minimum Gasteiger partial charge on any atom is -0.363 e. The Morgan fingerprint density at radius 3 is 2.67 bits per heavy atom. The molecule has 1 atom stereocenters. The number of hydrogen-bond donors (Lipinski definition) is 1. The van der Waals surface area contributed by atoms with Crippen molar-refractivity contribution >= 4 is 27.2 Å². The molecule has 2 rings (SSSR count). The maximum absolute atomic E-state index is 11.7. The molecule has 0 spiro atoms. The van der Waals surface area contributed by atoms with Gasteiger partial charge >= 0.3 is 0 Å². The standard InChI is InChI=1S/C15H22N2O2S2/c1-2-9-16-15(20)17(11-13-6-4-3-5-7-13)14-8-10-21(18,19)12-14/h3-7,14H,2,8-12H2,1H3,(H,16,20)/t14-/m0/s1. The molecule has 1 aromatic carbocycles.